The fourth-order valence-electron chi connectivity index (χ4n) is 5.45. The summed E-state index contributed by atoms with van der Waals surface area (Å²) in [7, 11) is -3.40. The molecular formula is C28H36N2O5S. The van der Waals surface area contributed by atoms with Crippen molar-refractivity contribution in [2.24, 2.45) is 5.92 Å². The third-order valence-corrected chi connectivity index (χ3v) is 9.91. The maximum Gasteiger partial charge on any atom is 0.411 e. The van der Waals surface area contributed by atoms with Crippen LogP contribution in [0.25, 0.3) is 0 Å². The van der Waals surface area contributed by atoms with E-state index in [-0.39, 0.29) is 17.9 Å². The molecule has 1 aliphatic heterocycles. The van der Waals surface area contributed by atoms with Gasteiger partial charge in [0.2, 0.25) is 0 Å². The predicted molar refractivity (Wildman–Crippen MR) is 141 cm³/mol. The number of sulfone groups is 1. The topological polar surface area (TPSA) is 84.9 Å². The smallest absolute Gasteiger partial charge is 0.411 e. The number of rotatable bonds is 9. The molecule has 0 spiro atoms. The van der Waals surface area contributed by atoms with Crippen molar-refractivity contribution in [1.82, 2.24) is 0 Å². The van der Waals surface area contributed by atoms with Gasteiger partial charge in [-0.05, 0) is 81.2 Å². The van der Waals surface area contributed by atoms with Crippen LogP contribution in [0.1, 0.15) is 75.3 Å². The molecule has 8 heteroatoms. The van der Waals surface area contributed by atoms with Crippen LogP contribution in [-0.4, -0.2) is 39.0 Å². The highest BCUT2D eigenvalue weighted by molar-refractivity contribution is 7.91. The summed E-state index contributed by atoms with van der Waals surface area (Å²) in [6.07, 6.45) is 4.90. The van der Waals surface area contributed by atoms with Gasteiger partial charge in [-0.3, -0.25) is 5.32 Å². The summed E-state index contributed by atoms with van der Waals surface area (Å²) in [5, 5.41) is 2.16. The highest BCUT2D eigenvalue weighted by Crippen LogP contribution is 2.55. The van der Waals surface area contributed by atoms with Crippen molar-refractivity contribution in [3.63, 3.8) is 0 Å². The van der Waals surface area contributed by atoms with Crippen LogP contribution in [0.15, 0.2) is 42.5 Å². The van der Waals surface area contributed by atoms with Crippen molar-refractivity contribution >= 4 is 27.3 Å². The van der Waals surface area contributed by atoms with E-state index >= 15 is 0 Å². The van der Waals surface area contributed by atoms with Gasteiger partial charge in [-0.25, -0.2) is 13.2 Å². The van der Waals surface area contributed by atoms with Crippen molar-refractivity contribution < 1.29 is 22.7 Å². The van der Waals surface area contributed by atoms with Crippen LogP contribution in [0, 0.1) is 5.92 Å². The minimum Gasteiger partial charge on any atom is -0.494 e. The Hall–Kier alpha value is -2.74. The largest absolute Gasteiger partial charge is 0.494 e. The zero-order chi connectivity index (χ0) is 25.4. The van der Waals surface area contributed by atoms with Crippen molar-refractivity contribution in [1.29, 1.82) is 0 Å². The normalized spacial score (nSPS) is 22.5. The third-order valence-electron chi connectivity index (χ3n) is 7.82. The number of anilines is 2. The lowest BCUT2D eigenvalue weighted by molar-refractivity contribution is 0.108. The third kappa shape index (κ3) is 4.80. The molecule has 194 valence electrons. The molecule has 36 heavy (non-hydrogen) atoms. The second kappa shape index (κ2) is 9.96. The number of fused-ring (bicyclic) bond motifs is 1. The van der Waals surface area contributed by atoms with Crippen LogP contribution in [0.3, 0.4) is 0 Å². The summed E-state index contributed by atoms with van der Waals surface area (Å²) in [5.41, 5.74) is 3.35. The molecule has 3 unspecified atom stereocenters. The number of carbonyl (C=O) groups is 1. The van der Waals surface area contributed by atoms with Crippen LogP contribution in [0.5, 0.6) is 5.75 Å². The van der Waals surface area contributed by atoms with E-state index in [1.54, 1.807) is 6.92 Å². The Morgan fingerprint density at radius 1 is 1.08 bits per heavy atom. The van der Waals surface area contributed by atoms with Crippen LogP contribution in [0.2, 0.25) is 0 Å². The Morgan fingerprint density at radius 3 is 2.39 bits per heavy atom. The molecule has 2 fully saturated rings. The van der Waals surface area contributed by atoms with E-state index in [0.29, 0.717) is 24.3 Å². The Labute approximate surface area is 214 Å². The Kier molecular flexibility index (Phi) is 6.90. The first-order valence-corrected chi connectivity index (χ1v) is 14.9. The van der Waals surface area contributed by atoms with E-state index in [2.05, 4.69) is 10.2 Å². The predicted octanol–water partition coefficient (Wildman–Crippen LogP) is 6.02. The maximum absolute atomic E-state index is 13.5. The molecule has 2 saturated carbocycles. The summed E-state index contributed by atoms with van der Waals surface area (Å²) in [5.74, 6) is 1.30. The number of hydrogen-bond donors (Lipinski definition) is 1. The SMILES string of the molecule is CCOc1ccc2c(c1)N(C1CCC1)C(c1ccc(NC(=O)OC(C)C3CC3)cc1)C2S(=O)(=O)CC. The summed E-state index contributed by atoms with van der Waals surface area (Å²) in [6.45, 7) is 6.15. The molecule has 2 aliphatic carbocycles. The molecule has 1 N–H and O–H groups in total. The van der Waals surface area contributed by atoms with Crippen LogP contribution in [-0.2, 0) is 14.6 Å². The van der Waals surface area contributed by atoms with E-state index < -0.39 is 21.2 Å². The molecule has 1 heterocycles. The van der Waals surface area contributed by atoms with Crippen molar-refractivity contribution in [2.75, 3.05) is 22.6 Å². The highest BCUT2D eigenvalue weighted by atomic mass is 32.2. The van der Waals surface area contributed by atoms with Crippen molar-refractivity contribution in [2.45, 2.75) is 76.3 Å². The standard InChI is InChI=1S/C28H36N2O5S/c1-4-34-23-15-16-24-25(17-23)30(22-7-6-8-22)26(27(24)36(32,33)5-2)20-11-13-21(14-12-20)29-28(31)35-18(3)19-9-10-19/h11-19,22,26-27H,4-10H2,1-3H3,(H,29,31). The van der Waals surface area contributed by atoms with Crippen LogP contribution >= 0.6 is 0 Å². The van der Waals surface area contributed by atoms with Gasteiger partial charge < -0.3 is 14.4 Å². The molecule has 0 bridgehead atoms. The van der Waals surface area contributed by atoms with Gasteiger partial charge in [0.25, 0.3) is 0 Å². The second-order valence-corrected chi connectivity index (χ2v) is 12.6. The first kappa shape index (κ1) is 24.9. The maximum atomic E-state index is 13.5. The molecule has 5 rings (SSSR count). The first-order chi connectivity index (χ1) is 17.3. The molecule has 7 nitrogen and oxygen atoms in total. The van der Waals surface area contributed by atoms with E-state index in [1.165, 1.54) is 0 Å². The molecule has 0 aromatic heterocycles. The summed E-state index contributed by atoms with van der Waals surface area (Å²) in [6, 6.07) is 13.3. The molecular weight excluding hydrogens is 476 g/mol. The zero-order valence-corrected chi connectivity index (χ0v) is 22.1. The van der Waals surface area contributed by atoms with E-state index in [4.69, 9.17) is 9.47 Å². The number of carbonyl (C=O) groups excluding carboxylic acids is 1. The second-order valence-electron chi connectivity index (χ2n) is 10.2. The van der Waals surface area contributed by atoms with Crippen LogP contribution < -0.4 is 15.0 Å². The number of ether oxygens (including phenoxy) is 2. The Morgan fingerprint density at radius 2 is 1.81 bits per heavy atom. The fourth-order valence-corrected chi connectivity index (χ4v) is 7.07. The van der Waals surface area contributed by atoms with Crippen molar-refractivity contribution in [3.05, 3.63) is 53.6 Å². The lowest BCUT2D eigenvalue weighted by Crippen LogP contribution is -2.42. The van der Waals surface area contributed by atoms with Gasteiger partial charge in [0.05, 0.1) is 12.6 Å². The fraction of sp³-hybridized carbons (Fsp3) is 0.536. The van der Waals surface area contributed by atoms with Crippen molar-refractivity contribution in [3.8, 4) is 5.75 Å². The summed E-state index contributed by atoms with van der Waals surface area (Å²) >= 11 is 0. The van der Waals surface area contributed by atoms with Gasteiger partial charge in [-0.15, -0.1) is 0 Å². The summed E-state index contributed by atoms with van der Waals surface area (Å²) in [4.78, 5) is 14.6. The molecule has 1 amide bonds. The van der Waals surface area contributed by atoms with Gasteiger partial charge in [-0.2, -0.15) is 0 Å². The lowest BCUT2D eigenvalue weighted by Gasteiger charge is -2.42. The average molecular weight is 513 g/mol. The Balaban J connectivity index is 1.46. The number of amides is 1. The number of hydrogen-bond acceptors (Lipinski definition) is 6. The molecule has 0 saturated heterocycles. The van der Waals surface area contributed by atoms with E-state index in [1.807, 2.05) is 56.3 Å². The minimum atomic E-state index is -3.40. The molecule has 2 aromatic rings. The number of benzene rings is 2. The highest BCUT2D eigenvalue weighted by Gasteiger charge is 2.49. The van der Waals surface area contributed by atoms with Crippen LogP contribution in [0.4, 0.5) is 16.2 Å². The Bertz CT molecular complexity index is 1200. The quantitative estimate of drug-likeness (QED) is 0.442. The molecule has 2 aromatic carbocycles. The van der Waals surface area contributed by atoms with Gasteiger partial charge >= 0.3 is 6.09 Å². The molecule has 0 radical (unpaired) electrons. The van der Waals surface area contributed by atoms with E-state index in [9.17, 15) is 13.2 Å². The van der Waals surface area contributed by atoms with Gasteiger partial charge in [-0.1, -0.05) is 25.1 Å². The van der Waals surface area contributed by atoms with E-state index in [0.717, 1.165) is 54.7 Å². The molecule has 3 atom stereocenters. The first-order valence-electron chi connectivity index (χ1n) is 13.2. The minimum absolute atomic E-state index is 0.0734. The average Bonchev–Trinajstić information content (AvgIpc) is 3.62. The monoisotopic (exact) mass is 512 g/mol. The number of nitrogens with zero attached hydrogens (tertiary/aromatic N) is 1. The summed E-state index contributed by atoms with van der Waals surface area (Å²) < 4.78 is 38.2. The molecule has 3 aliphatic rings. The van der Waals surface area contributed by atoms with Gasteiger partial charge in [0, 0.05) is 29.2 Å². The number of nitrogens with one attached hydrogen (secondary N) is 1. The lowest BCUT2D eigenvalue weighted by atomic mass is 9.89. The van der Waals surface area contributed by atoms with Gasteiger partial charge in [0.15, 0.2) is 9.84 Å². The van der Waals surface area contributed by atoms with Gasteiger partial charge in [0.1, 0.15) is 17.1 Å². The zero-order valence-electron chi connectivity index (χ0n) is 21.3.